The van der Waals surface area contributed by atoms with Gasteiger partial charge in [0, 0.05) is 14.1 Å². The second-order valence-electron chi connectivity index (χ2n) is 5.47. The molecule has 0 fully saturated rings. The Bertz CT molecular complexity index is 559. The van der Waals surface area contributed by atoms with Crippen LogP contribution in [0.4, 0.5) is 4.79 Å². The topological polar surface area (TPSA) is 101 Å². The van der Waals surface area contributed by atoms with Gasteiger partial charge in [-0.3, -0.25) is 4.68 Å². The first-order chi connectivity index (χ1) is 9.69. The number of carbonyl (C=O) groups is 1. The van der Waals surface area contributed by atoms with Crippen molar-refractivity contribution in [1.29, 1.82) is 5.26 Å². The van der Waals surface area contributed by atoms with Crippen LogP contribution in [0, 0.1) is 11.3 Å². The second-order valence-corrected chi connectivity index (χ2v) is 5.47. The molecule has 114 valence electrons. The molecule has 0 aliphatic heterocycles. The van der Waals surface area contributed by atoms with Gasteiger partial charge in [-0.05, 0) is 20.8 Å². The molecule has 0 aliphatic carbocycles. The predicted octanol–water partition coefficient (Wildman–Crippen LogP) is 0.296. The van der Waals surface area contributed by atoms with E-state index in [-0.39, 0.29) is 18.0 Å². The normalized spacial score (nSPS) is 10.7. The van der Waals surface area contributed by atoms with Gasteiger partial charge in [0.25, 0.3) is 0 Å². The minimum Gasteiger partial charge on any atom is -0.535 e. The number of amides is 1. The molecule has 0 radical (unpaired) electrons. The van der Waals surface area contributed by atoms with Crippen molar-refractivity contribution in [2.45, 2.75) is 32.9 Å². The second kappa shape index (κ2) is 6.50. The largest absolute Gasteiger partial charge is 0.535 e. The molecule has 1 N–H and O–H groups in total. The molecule has 0 aliphatic rings. The molecule has 21 heavy (non-hydrogen) atoms. The van der Waals surface area contributed by atoms with Crippen molar-refractivity contribution in [3.8, 4) is 11.8 Å². The van der Waals surface area contributed by atoms with E-state index in [0.29, 0.717) is 5.69 Å². The third-order valence-electron chi connectivity index (χ3n) is 2.48. The molecule has 1 aromatic rings. The van der Waals surface area contributed by atoms with E-state index < -0.39 is 19.4 Å². The van der Waals surface area contributed by atoms with Crippen LogP contribution in [0.3, 0.4) is 0 Å². The number of carbonyl (C=O) groups excluding carboxylic acids is 1. The van der Waals surface area contributed by atoms with Gasteiger partial charge in [0.1, 0.15) is 17.4 Å². The molecule has 0 spiro atoms. The molecule has 0 aromatic carbocycles. The molecule has 1 amide bonds. The highest BCUT2D eigenvalue weighted by Crippen LogP contribution is 2.24. The highest BCUT2D eigenvalue weighted by molar-refractivity contribution is 6.17. The van der Waals surface area contributed by atoms with E-state index in [2.05, 4.69) is 5.10 Å². The Hall–Kier alpha value is -2.21. The molecule has 8 nitrogen and oxygen atoms in total. The lowest BCUT2D eigenvalue weighted by Gasteiger charge is -2.24. The standard InChI is InChI=1S/C12H19BN4O4/c1-12(2,3)20-11(18)16(4)7-8-10(21-13-19)9(6-14)17(5)15-8/h13,19H,7H2,1-5H3. The zero-order valence-electron chi connectivity index (χ0n) is 12.9. The van der Waals surface area contributed by atoms with Crippen LogP contribution < -0.4 is 4.65 Å². The summed E-state index contributed by atoms with van der Waals surface area (Å²) in [6, 6.07) is 1.94. The lowest BCUT2D eigenvalue weighted by molar-refractivity contribution is 0.0282. The maximum absolute atomic E-state index is 11.9. The first-order valence-corrected chi connectivity index (χ1v) is 6.33. The zero-order valence-corrected chi connectivity index (χ0v) is 12.9. The number of hydrogen-bond acceptors (Lipinski definition) is 6. The van der Waals surface area contributed by atoms with Crippen molar-refractivity contribution in [2.24, 2.45) is 7.05 Å². The van der Waals surface area contributed by atoms with E-state index in [9.17, 15) is 4.79 Å². The van der Waals surface area contributed by atoms with E-state index in [1.165, 1.54) is 9.58 Å². The molecular weight excluding hydrogens is 275 g/mol. The first kappa shape index (κ1) is 16.8. The summed E-state index contributed by atoms with van der Waals surface area (Å²) in [4.78, 5) is 13.2. The Balaban J connectivity index is 2.93. The van der Waals surface area contributed by atoms with E-state index in [1.807, 2.05) is 6.07 Å². The Morgan fingerprint density at radius 2 is 2.19 bits per heavy atom. The molecule has 0 unspecified atom stereocenters. The van der Waals surface area contributed by atoms with Crippen LogP contribution in [0.5, 0.6) is 5.75 Å². The number of aryl methyl sites for hydroxylation is 1. The van der Waals surface area contributed by atoms with Gasteiger partial charge in [0.05, 0.1) is 6.54 Å². The summed E-state index contributed by atoms with van der Waals surface area (Å²) in [5.41, 5.74) is -0.0503. The molecule has 0 saturated heterocycles. The Morgan fingerprint density at radius 1 is 1.57 bits per heavy atom. The van der Waals surface area contributed by atoms with Gasteiger partial charge in [-0.1, -0.05) is 0 Å². The fourth-order valence-corrected chi connectivity index (χ4v) is 1.63. The number of hydrogen-bond donors (Lipinski definition) is 1. The fourth-order valence-electron chi connectivity index (χ4n) is 1.63. The number of nitrogens with zero attached hydrogens (tertiary/aromatic N) is 4. The van der Waals surface area contributed by atoms with Crippen molar-refractivity contribution in [2.75, 3.05) is 7.05 Å². The van der Waals surface area contributed by atoms with Crippen LogP contribution in [-0.2, 0) is 18.3 Å². The number of nitriles is 1. The highest BCUT2D eigenvalue weighted by atomic mass is 16.6. The summed E-state index contributed by atoms with van der Waals surface area (Å²) in [5.74, 6) is 0.165. The summed E-state index contributed by atoms with van der Waals surface area (Å²) in [6.45, 7) is 5.41. The fraction of sp³-hybridized carbons (Fsp3) is 0.583. The van der Waals surface area contributed by atoms with Gasteiger partial charge in [-0.2, -0.15) is 10.4 Å². The van der Waals surface area contributed by atoms with Crippen LogP contribution in [0.15, 0.2) is 0 Å². The number of aromatic nitrogens is 2. The maximum atomic E-state index is 11.9. The summed E-state index contributed by atoms with van der Waals surface area (Å²) < 4.78 is 11.6. The molecule has 1 rings (SSSR count). The van der Waals surface area contributed by atoms with Crippen LogP contribution >= 0.6 is 0 Å². The van der Waals surface area contributed by atoms with Crippen molar-refractivity contribution in [3.63, 3.8) is 0 Å². The monoisotopic (exact) mass is 294 g/mol. The van der Waals surface area contributed by atoms with Gasteiger partial charge in [-0.25, -0.2) is 4.79 Å². The van der Waals surface area contributed by atoms with Gasteiger partial charge < -0.3 is 19.3 Å². The van der Waals surface area contributed by atoms with Crippen molar-refractivity contribution >= 4 is 13.8 Å². The van der Waals surface area contributed by atoms with E-state index in [4.69, 9.17) is 19.7 Å². The quantitative estimate of drug-likeness (QED) is 0.801. The summed E-state index contributed by atoms with van der Waals surface area (Å²) in [6.07, 6.45) is -0.512. The number of rotatable bonds is 4. The van der Waals surface area contributed by atoms with E-state index >= 15 is 0 Å². The minimum absolute atomic E-state index is 0.0970. The molecule has 0 atom stereocenters. The average molecular weight is 294 g/mol. The summed E-state index contributed by atoms with van der Waals surface area (Å²) >= 11 is 0. The van der Waals surface area contributed by atoms with Gasteiger partial charge in [0.2, 0.25) is 0 Å². The Kier molecular flexibility index (Phi) is 5.21. The first-order valence-electron chi connectivity index (χ1n) is 6.33. The van der Waals surface area contributed by atoms with Gasteiger partial charge >= 0.3 is 13.8 Å². The summed E-state index contributed by atoms with van der Waals surface area (Å²) in [7, 11) is 2.56. The lowest BCUT2D eigenvalue weighted by atomic mass is 10.2. The van der Waals surface area contributed by atoms with Crippen LogP contribution in [-0.4, -0.2) is 46.1 Å². The Morgan fingerprint density at radius 3 is 2.67 bits per heavy atom. The average Bonchev–Trinajstić information content (AvgIpc) is 2.63. The van der Waals surface area contributed by atoms with E-state index in [1.54, 1.807) is 34.9 Å². The minimum atomic E-state index is -0.600. The van der Waals surface area contributed by atoms with Gasteiger partial charge in [-0.15, -0.1) is 0 Å². The zero-order chi connectivity index (χ0) is 16.2. The molecule has 9 heteroatoms. The SMILES string of the molecule is CN(Cc1nn(C)c(C#N)c1OBO)C(=O)OC(C)(C)C. The molecule has 0 saturated carbocycles. The van der Waals surface area contributed by atoms with Crippen LogP contribution in [0.2, 0.25) is 0 Å². The molecular formula is C12H19BN4O4. The highest BCUT2D eigenvalue weighted by Gasteiger charge is 2.23. The van der Waals surface area contributed by atoms with Crippen molar-refractivity contribution < 1.29 is 19.2 Å². The Labute approximate surface area is 124 Å². The number of ether oxygens (including phenoxy) is 1. The third-order valence-corrected chi connectivity index (χ3v) is 2.48. The molecule has 0 bridgehead atoms. The lowest BCUT2D eigenvalue weighted by Crippen LogP contribution is -2.34. The molecule has 1 aromatic heterocycles. The van der Waals surface area contributed by atoms with E-state index in [0.717, 1.165) is 0 Å². The maximum Gasteiger partial charge on any atom is 0.504 e. The third kappa shape index (κ3) is 4.39. The predicted molar refractivity (Wildman–Crippen MR) is 75.6 cm³/mol. The van der Waals surface area contributed by atoms with Crippen molar-refractivity contribution in [1.82, 2.24) is 14.7 Å². The van der Waals surface area contributed by atoms with Crippen LogP contribution in [0.25, 0.3) is 0 Å². The van der Waals surface area contributed by atoms with Gasteiger partial charge in [0.15, 0.2) is 11.4 Å². The smallest absolute Gasteiger partial charge is 0.504 e. The van der Waals surface area contributed by atoms with Crippen LogP contribution in [0.1, 0.15) is 32.2 Å². The summed E-state index contributed by atoms with van der Waals surface area (Å²) in [5, 5.41) is 22.1. The molecule has 1 heterocycles. The van der Waals surface area contributed by atoms with Crippen molar-refractivity contribution in [3.05, 3.63) is 11.4 Å².